The zero-order valence-corrected chi connectivity index (χ0v) is 13.5. The number of nitrogens with two attached hydrogens (primary N) is 1. The average molecular weight is 296 g/mol. The van der Waals surface area contributed by atoms with Crippen molar-refractivity contribution >= 4 is 5.91 Å². The van der Waals surface area contributed by atoms with Crippen LogP contribution in [0.15, 0.2) is 0 Å². The second-order valence-corrected chi connectivity index (χ2v) is 7.06. The number of primary amides is 1. The van der Waals surface area contributed by atoms with Crippen LogP contribution in [0.4, 0.5) is 0 Å². The van der Waals surface area contributed by atoms with Crippen LogP contribution in [0.1, 0.15) is 77.6 Å². The lowest BCUT2D eigenvalue weighted by molar-refractivity contribution is -0.124. The molecule has 0 spiro atoms. The highest BCUT2D eigenvalue weighted by Gasteiger charge is 2.36. The minimum absolute atomic E-state index is 0.223. The summed E-state index contributed by atoms with van der Waals surface area (Å²) in [5, 5.41) is 3.40. The predicted molar refractivity (Wildman–Crippen MR) is 85.1 cm³/mol. The van der Waals surface area contributed by atoms with Crippen LogP contribution in [0, 0.1) is 0 Å². The molecule has 1 atom stereocenters. The molecule has 0 saturated heterocycles. The molecule has 4 heteroatoms. The quantitative estimate of drug-likeness (QED) is 0.508. The number of hydrogen-bond acceptors (Lipinski definition) is 3. The first kappa shape index (κ1) is 16.8. The van der Waals surface area contributed by atoms with Crippen LogP contribution in [0.3, 0.4) is 0 Å². The molecule has 122 valence electrons. The van der Waals surface area contributed by atoms with Crippen LogP contribution in [-0.2, 0) is 9.53 Å². The van der Waals surface area contributed by atoms with E-state index in [1.54, 1.807) is 0 Å². The summed E-state index contributed by atoms with van der Waals surface area (Å²) in [7, 11) is 0. The number of unbranched alkanes of at least 4 members (excludes halogenated alkanes) is 1. The molecule has 2 saturated carbocycles. The largest absolute Gasteiger partial charge is 0.378 e. The third-order valence-electron chi connectivity index (χ3n) is 4.87. The Morgan fingerprint density at radius 2 is 1.81 bits per heavy atom. The molecule has 0 radical (unpaired) electrons. The highest BCUT2D eigenvalue weighted by molar-refractivity contribution is 5.84. The predicted octanol–water partition coefficient (Wildman–Crippen LogP) is 2.89. The second-order valence-electron chi connectivity index (χ2n) is 7.06. The first-order chi connectivity index (χ1) is 10.1. The third kappa shape index (κ3) is 5.95. The first-order valence-corrected chi connectivity index (χ1v) is 8.79. The molecule has 0 bridgehead atoms. The molecule has 1 unspecified atom stereocenters. The summed E-state index contributed by atoms with van der Waals surface area (Å²) in [6.07, 6.45) is 13.5. The maximum absolute atomic E-state index is 11.7. The van der Waals surface area contributed by atoms with Gasteiger partial charge in [0.25, 0.3) is 0 Å². The van der Waals surface area contributed by atoms with Gasteiger partial charge in [-0.25, -0.2) is 0 Å². The van der Waals surface area contributed by atoms with Crippen molar-refractivity contribution in [3.63, 3.8) is 0 Å². The lowest BCUT2D eigenvalue weighted by Crippen LogP contribution is -2.53. The normalized spacial score (nSPS) is 23.5. The Balaban J connectivity index is 1.59. The maximum Gasteiger partial charge on any atom is 0.237 e. The molecule has 0 heterocycles. The van der Waals surface area contributed by atoms with Crippen LogP contribution in [0.25, 0.3) is 0 Å². The van der Waals surface area contributed by atoms with Crippen LogP contribution in [0.5, 0.6) is 0 Å². The minimum Gasteiger partial charge on any atom is -0.378 e. The Bertz CT molecular complexity index is 323. The number of hydrogen-bond donors (Lipinski definition) is 2. The Morgan fingerprint density at radius 1 is 1.14 bits per heavy atom. The molecule has 2 aliphatic rings. The molecule has 0 aromatic rings. The fourth-order valence-corrected chi connectivity index (χ4v) is 3.18. The molecule has 21 heavy (non-hydrogen) atoms. The van der Waals surface area contributed by atoms with E-state index in [9.17, 15) is 4.79 Å². The van der Waals surface area contributed by atoms with E-state index in [0.29, 0.717) is 12.1 Å². The third-order valence-corrected chi connectivity index (χ3v) is 4.87. The number of rotatable bonds is 9. The van der Waals surface area contributed by atoms with Gasteiger partial charge in [-0.1, -0.05) is 25.7 Å². The minimum atomic E-state index is -0.538. The van der Waals surface area contributed by atoms with Gasteiger partial charge < -0.3 is 15.8 Å². The number of amides is 1. The molecule has 3 N–H and O–H groups in total. The number of carbonyl (C=O) groups excluding carboxylic acids is 1. The Hall–Kier alpha value is -0.610. The van der Waals surface area contributed by atoms with Gasteiger partial charge in [0, 0.05) is 12.6 Å². The molecule has 0 aliphatic heterocycles. The molecule has 2 fully saturated rings. The van der Waals surface area contributed by atoms with Gasteiger partial charge in [-0.05, 0) is 51.9 Å². The summed E-state index contributed by atoms with van der Waals surface area (Å²) < 4.78 is 6.00. The first-order valence-electron chi connectivity index (χ1n) is 8.79. The number of ether oxygens (including phenoxy) is 1. The van der Waals surface area contributed by atoms with Gasteiger partial charge >= 0.3 is 0 Å². The average Bonchev–Trinajstić information content (AvgIpc) is 3.25. The second kappa shape index (κ2) is 8.14. The van der Waals surface area contributed by atoms with Crippen molar-refractivity contribution in [1.29, 1.82) is 0 Å². The van der Waals surface area contributed by atoms with Gasteiger partial charge in [0.2, 0.25) is 5.91 Å². The van der Waals surface area contributed by atoms with Crippen molar-refractivity contribution in [2.24, 2.45) is 5.73 Å². The monoisotopic (exact) mass is 296 g/mol. The van der Waals surface area contributed by atoms with Gasteiger partial charge in [-0.15, -0.1) is 0 Å². The van der Waals surface area contributed by atoms with Gasteiger partial charge in [-0.3, -0.25) is 4.79 Å². The van der Waals surface area contributed by atoms with Crippen molar-refractivity contribution in [2.45, 2.75) is 95.2 Å². The van der Waals surface area contributed by atoms with Crippen molar-refractivity contribution in [3.05, 3.63) is 0 Å². The van der Waals surface area contributed by atoms with E-state index in [0.717, 1.165) is 25.9 Å². The Kier molecular flexibility index (Phi) is 6.49. The molecule has 2 aliphatic carbocycles. The zero-order valence-electron chi connectivity index (χ0n) is 13.5. The molecule has 0 aromatic heterocycles. The fraction of sp³-hybridized carbons (Fsp3) is 0.941. The van der Waals surface area contributed by atoms with Gasteiger partial charge in [0.15, 0.2) is 0 Å². The van der Waals surface area contributed by atoms with E-state index >= 15 is 0 Å². The molecule has 1 amide bonds. The van der Waals surface area contributed by atoms with Crippen LogP contribution >= 0.6 is 0 Å². The lowest BCUT2D eigenvalue weighted by atomic mass is 9.94. The van der Waals surface area contributed by atoms with E-state index in [-0.39, 0.29) is 5.91 Å². The van der Waals surface area contributed by atoms with Crippen LogP contribution in [-0.4, -0.2) is 30.2 Å². The Morgan fingerprint density at radius 3 is 2.38 bits per heavy atom. The summed E-state index contributed by atoms with van der Waals surface area (Å²) in [6, 6.07) is 0.504. The Labute approximate surface area is 129 Å². The van der Waals surface area contributed by atoms with Crippen molar-refractivity contribution in [3.8, 4) is 0 Å². The standard InChI is InChI=1S/C17H32N2O2/c1-17(16(18)20,19-14-10-11-14)12-6-7-13-21-15-8-4-2-3-5-9-15/h14-15,19H,2-13H2,1H3,(H2,18,20). The lowest BCUT2D eigenvalue weighted by Gasteiger charge is -2.27. The summed E-state index contributed by atoms with van der Waals surface area (Å²) in [5.74, 6) is -0.223. The molecular weight excluding hydrogens is 264 g/mol. The van der Waals surface area contributed by atoms with Crippen molar-refractivity contribution < 1.29 is 9.53 Å². The molecule has 2 rings (SSSR count). The summed E-state index contributed by atoms with van der Waals surface area (Å²) in [5.41, 5.74) is 5.03. The topological polar surface area (TPSA) is 64.3 Å². The van der Waals surface area contributed by atoms with Crippen molar-refractivity contribution in [1.82, 2.24) is 5.32 Å². The smallest absolute Gasteiger partial charge is 0.237 e. The highest BCUT2D eigenvalue weighted by atomic mass is 16.5. The van der Waals surface area contributed by atoms with Crippen molar-refractivity contribution in [2.75, 3.05) is 6.61 Å². The molecule has 4 nitrogen and oxygen atoms in total. The zero-order chi connectivity index (χ0) is 15.1. The van der Waals surface area contributed by atoms with Gasteiger partial charge in [-0.2, -0.15) is 0 Å². The fourth-order valence-electron chi connectivity index (χ4n) is 3.18. The van der Waals surface area contributed by atoms with E-state index in [1.807, 2.05) is 6.92 Å². The number of carbonyl (C=O) groups is 1. The van der Waals surface area contributed by atoms with Gasteiger partial charge in [0.05, 0.1) is 11.6 Å². The summed E-state index contributed by atoms with van der Waals surface area (Å²) in [6.45, 7) is 2.77. The molecular formula is C17H32N2O2. The van der Waals surface area contributed by atoms with E-state index in [2.05, 4.69) is 5.32 Å². The molecule has 0 aromatic carbocycles. The van der Waals surface area contributed by atoms with E-state index in [4.69, 9.17) is 10.5 Å². The van der Waals surface area contributed by atoms with E-state index in [1.165, 1.54) is 51.4 Å². The maximum atomic E-state index is 11.7. The summed E-state index contributed by atoms with van der Waals surface area (Å²) in [4.78, 5) is 11.7. The van der Waals surface area contributed by atoms with Crippen LogP contribution < -0.4 is 11.1 Å². The van der Waals surface area contributed by atoms with Gasteiger partial charge in [0.1, 0.15) is 0 Å². The van der Waals surface area contributed by atoms with E-state index < -0.39 is 5.54 Å². The SMILES string of the molecule is CC(CCCCOC1CCCCCC1)(NC1CC1)C(N)=O. The summed E-state index contributed by atoms with van der Waals surface area (Å²) >= 11 is 0. The highest BCUT2D eigenvalue weighted by Crippen LogP contribution is 2.25. The number of nitrogens with one attached hydrogen (secondary N) is 1. The van der Waals surface area contributed by atoms with Crippen LogP contribution in [0.2, 0.25) is 0 Å².